The van der Waals surface area contributed by atoms with Crippen LogP contribution in [-0.2, 0) is 6.54 Å². The van der Waals surface area contributed by atoms with Gasteiger partial charge in [-0.05, 0) is 53.8 Å². The Kier molecular flexibility index (Phi) is 3.22. The summed E-state index contributed by atoms with van der Waals surface area (Å²) in [5.74, 6) is 1.04. The van der Waals surface area contributed by atoms with Crippen LogP contribution in [0.15, 0.2) is 16.9 Å². The molecule has 1 fully saturated rings. The summed E-state index contributed by atoms with van der Waals surface area (Å²) in [4.78, 5) is 8.47. The van der Waals surface area contributed by atoms with Crippen LogP contribution in [0.4, 0.5) is 5.95 Å². The number of hydrogen-bond acceptors (Lipinski definition) is 4. The number of nitrogens with zero attached hydrogens (tertiary/aromatic N) is 3. The maximum atomic E-state index is 5.71. The van der Waals surface area contributed by atoms with Crippen molar-refractivity contribution in [3.8, 4) is 0 Å². The van der Waals surface area contributed by atoms with Gasteiger partial charge in [0.2, 0.25) is 5.95 Å². The fourth-order valence-corrected chi connectivity index (χ4v) is 3.03. The highest BCUT2D eigenvalue weighted by atomic mass is 79.9. The molecule has 0 spiro atoms. The van der Waals surface area contributed by atoms with E-state index < -0.39 is 0 Å². The summed E-state index contributed by atoms with van der Waals surface area (Å²) in [5.41, 5.74) is 6.63. The van der Waals surface area contributed by atoms with Crippen molar-refractivity contribution in [2.45, 2.75) is 19.4 Å². The zero-order chi connectivity index (χ0) is 12.5. The van der Waals surface area contributed by atoms with Gasteiger partial charge in [-0.15, -0.1) is 0 Å². The Morgan fingerprint density at radius 2 is 2.17 bits per heavy atom. The van der Waals surface area contributed by atoms with E-state index in [-0.39, 0.29) is 0 Å². The number of nitrogen functional groups attached to an aromatic ring is 1. The summed E-state index contributed by atoms with van der Waals surface area (Å²) >= 11 is 3.43. The maximum Gasteiger partial charge on any atom is 0.223 e. The third-order valence-electron chi connectivity index (χ3n) is 3.50. The highest BCUT2D eigenvalue weighted by molar-refractivity contribution is 9.10. The molecular formula is C12H16BrN5. The Labute approximate surface area is 114 Å². The van der Waals surface area contributed by atoms with Crippen molar-refractivity contribution >= 4 is 32.9 Å². The Balaban J connectivity index is 1.92. The van der Waals surface area contributed by atoms with Gasteiger partial charge in [-0.1, -0.05) is 0 Å². The first kappa shape index (κ1) is 11.9. The molecule has 3 heterocycles. The average Bonchev–Trinajstić information content (AvgIpc) is 2.74. The molecule has 0 amide bonds. The van der Waals surface area contributed by atoms with Gasteiger partial charge in [0.15, 0.2) is 0 Å². The zero-order valence-corrected chi connectivity index (χ0v) is 11.7. The van der Waals surface area contributed by atoms with Crippen LogP contribution in [0, 0.1) is 5.92 Å². The zero-order valence-electron chi connectivity index (χ0n) is 10.1. The van der Waals surface area contributed by atoms with E-state index in [0.717, 1.165) is 41.2 Å². The summed E-state index contributed by atoms with van der Waals surface area (Å²) < 4.78 is 2.96. The second kappa shape index (κ2) is 4.85. The third kappa shape index (κ3) is 2.22. The van der Waals surface area contributed by atoms with Gasteiger partial charge in [-0.2, -0.15) is 4.98 Å². The van der Waals surface area contributed by atoms with E-state index in [1.807, 2.05) is 6.07 Å². The lowest BCUT2D eigenvalue weighted by Gasteiger charge is -2.23. The summed E-state index contributed by atoms with van der Waals surface area (Å²) in [6, 6.07) is 2.04. The molecule has 0 aromatic carbocycles. The summed E-state index contributed by atoms with van der Waals surface area (Å²) in [6.07, 6.45) is 4.52. The Morgan fingerprint density at radius 3 is 2.94 bits per heavy atom. The van der Waals surface area contributed by atoms with E-state index in [1.54, 1.807) is 0 Å². The summed E-state index contributed by atoms with van der Waals surface area (Å²) in [5, 5.41) is 4.41. The van der Waals surface area contributed by atoms with Crippen molar-refractivity contribution in [1.29, 1.82) is 0 Å². The second-order valence-electron chi connectivity index (χ2n) is 4.77. The lowest BCUT2D eigenvalue weighted by atomic mass is 9.98. The normalized spacial score (nSPS) is 17.4. The first-order valence-electron chi connectivity index (χ1n) is 6.22. The summed E-state index contributed by atoms with van der Waals surface area (Å²) in [7, 11) is 0. The highest BCUT2D eigenvalue weighted by Gasteiger charge is 2.16. The molecule has 2 aromatic rings. The number of fused-ring (bicyclic) bond motifs is 1. The third-order valence-corrected chi connectivity index (χ3v) is 4.11. The lowest BCUT2D eigenvalue weighted by molar-refractivity contribution is 0.336. The van der Waals surface area contributed by atoms with Crippen LogP contribution in [0.1, 0.15) is 12.8 Å². The molecule has 1 aliphatic heterocycles. The minimum absolute atomic E-state index is 0.319. The SMILES string of the molecule is Nc1nc(Br)c2ccn(CC3CCNCC3)c2n1. The number of piperidine rings is 1. The monoisotopic (exact) mass is 309 g/mol. The molecule has 3 rings (SSSR count). The number of halogens is 1. The van der Waals surface area contributed by atoms with Crippen molar-refractivity contribution in [2.75, 3.05) is 18.8 Å². The smallest absolute Gasteiger partial charge is 0.223 e. The fourth-order valence-electron chi connectivity index (χ4n) is 2.53. The van der Waals surface area contributed by atoms with Crippen LogP contribution < -0.4 is 11.1 Å². The Morgan fingerprint density at radius 1 is 1.39 bits per heavy atom. The molecule has 1 aliphatic rings. The van der Waals surface area contributed by atoms with Crippen LogP contribution >= 0.6 is 15.9 Å². The van der Waals surface area contributed by atoms with Gasteiger partial charge < -0.3 is 15.6 Å². The van der Waals surface area contributed by atoms with E-state index >= 15 is 0 Å². The molecule has 0 radical (unpaired) electrons. The molecule has 2 aromatic heterocycles. The van der Waals surface area contributed by atoms with Crippen LogP contribution in [0.5, 0.6) is 0 Å². The van der Waals surface area contributed by atoms with E-state index in [1.165, 1.54) is 12.8 Å². The van der Waals surface area contributed by atoms with Gasteiger partial charge in [0.25, 0.3) is 0 Å². The van der Waals surface area contributed by atoms with Gasteiger partial charge in [0.05, 0.1) is 5.39 Å². The van der Waals surface area contributed by atoms with Gasteiger partial charge >= 0.3 is 0 Å². The molecule has 0 bridgehead atoms. The molecular weight excluding hydrogens is 294 g/mol. The molecule has 0 atom stereocenters. The Bertz CT molecular complexity index is 559. The first-order chi connectivity index (χ1) is 8.74. The van der Waals surface area contributed by atoms with Gasteiger partial charge in [-0.25, -0.2) is 4.98 Å². The topological polar surface area (TPSA) is 68.8 Å². The first-order valence-corrected chi connectivity index (χ1v) is 7.02. The minimum Gasteiger partial charge on any atom is -0.368 e. The van der Waals surface area contributed by atoms with Crippen LogP contribution in [0.2, 0.25) is 0 Å². The van der Waals surface area contributed by atoms with Gasteiger partial charge in [-0.3, -0.25) is 0 Å². The molecule has 5 nitrogen and oxygen atoms in total. The van der Waals surface area contributed by atoms with E-state index in [2.05, 4.69) is 42.0 Å². The molecule has 96 valence electrons. The van der Waals surface area contributed by atoms with E-state index in [4.69, 9.17) is 5.73 Å². The van der Waals surface area contributed by atoms with Gasteiger partial charge in [0, 0.05) is 12.7 Å². The number of nitrogens with one attached hydrogen (secondary N) is 1. The van der Waals surface area contributed by atoms with E-state index in [9.17, 15) is 0 Å². The predicted molar refractivity (Wildman–Crippen MR) is 75.2 cm³/mol. The lowest BCUT2D eigenvalue weighted by Crippen LogP contribution is -2.29. The van der Waals surface area contributed by atoms with Crippen molar-refractivity contribution in [3.63, 3.8) is 0 Å². The average molecular weight is 310 g/mol. The molecule has 3 N–H and O–H groups in total. The quantitative estimate of drug-likeness (QED) is 0.830. The standard InChI is InChI=1S/C12H16BrN5/c13-10-9-3-6-18(11(9)17-12(14)16-10)7-8-1-4-15-5-2-8/h3,6,8,15H,1-2,4-5,7H2,(H2,14,16,17). The van der Waals surface area contributed by atoms with Crippen LogP contribution in [-0.4, -0.2) is 27.6 Å². The number of anilines is 1. The highest BCUT2D eigenvalue weighted by Crippen LogP contribution is 2.24. The fraction of sp³-hybridized carbons (Fsp3) is 0.500. The molecule has 0 saturated carbocycles. The molecule has 1 saturated heterocycles. The minimum atomic E-state index is 0.319. The van der Waals surface area contributed by atoms with Crippen LogP contribution in [0.3, 0.4) is 0 Å². The molecule has 0 aliphatic carbocycles. The van der Waals surface area contributed by atoms with Crippen molar-refractivity contribution in [3.05, 3.63) is 16.9 Å². The number of aromatic nitrogens is 3. The molecule has 0 unspecified atom stereocenters. The molecule has 18 heavy (non-hydrogen) atoms. The van der Waals surface area contributed by atoms with Crippen molar-refractivity contribution < 1.29 is 0 Å². The predicted octanol–water partition coefficient (Wildman–Crippen LogP) is 1.78. The van der Waals surface area contributed by atoms with Crippen molar-refractivity contribution in [2.24, 2.45) is 5.92 Å². The van der Waals surface area contributed by atoms with Crippen LogP contribution in [0.25, 0.3) is 11.0 Å². The van der Waals surface area contributed by atoms with Gasteiger partial charge in [0.1, 0.15) is 10.3 Å². The maximum absolute atomic E-state index is 5.71. The number of hydrogen-bond donors (Lipinski definition) is 2. The second-order valence-corrected chi connectivity index (χ2v) is 5.52. The number of rotatable bonds is 2. The molecule has 6 heteroatoms. The Hall–Kier alpha value is -1.14. The number of nitrogens with two attached hydrogens (primary N) is 1. The largest absolute Gasteiger partial charge is 0.368 e. The summed E-state index contributed by atoms with van der Waals surface area (Å²) in [6.45, 7) is 3.24. The van der Waals surface area contributed by atoms with E-state index in [0.29, 0.717) is 5.95 Å². The van der Waals surface area contributed by atoms with Crippen molar-refractivity contribution in [1.82, 2.24) is 19.9 Å².